The maximum atomic E-state index is 12.4. The van der Waals surface area contributed by atoms with Crippen molar-refractivity contribution in [2.45, 2.75) is 19.9 Å². The number of rotatable bonds is 4. The number of ether oxygens (including phenoxy) is 1. The lowest BCUT2D eigenvalue weighted by Crippen LogP contribution is -2.26. The van der Waals surface area contributed by atoms with Crippen LogP contribution >= 0.6 is 0 Å². The second-order valence-electron chi connectivity index (χ2n) is 5.44. The highest BCUT2D eigenvalue weighted by Gasteiger charge is 2.04. The molecule has 5 nitrogen and oxygen atoms in total. The van der Waals surface area contributed by atoms with Gasteiger partial charge in [-0.1, -0.05) is 18.2 Å². The van der Waals surface area contributed by atoms with Crippen LogP contribution < -0.4 is 5.49 Å². The molecule has 2 rings (SSSR count). The van der Waals surface area contributed by atoms with Crippen LogP contribution in [-0.2, 0) is 4.74 Å². The van der Waals surface area contributed by atoms with Crippen molar-refractivity contribution in [2.24, 2.45) is 4.99 Å². The van der Waals surface area contributed by atoms with E-state index in [2.05, 4.69) is 9.73 Å². The number of nitrogens with zero attached hydrogens (tertiary/aromatic N) is 2. The van der Waals surface area contributed by atoms with Gasteiger partial charge in [0, 0.05) is 18.3 Å². The van der Waals surface area contributed by atoms with Crippen LogP contribution in [0, 0.1) is 0 Å². The minimum absolute atomic E-state index is 0.0984. The maximum Gasteiger partial charge on any atom is 0.337 e. The molecule has 1 heterocycles. The van der Waals surface area contributed by atoms with E-state index in [1.165, 1.54) is 17.8 Å². The minimum Gasteiger partial charge on any atom is -0.465 e. The van der Waals surface area contributed by atoms with Gasteiger partial charge in [0.15, 0.2) is 0 Å². The summed E-state index contributed by atoms with van der Waals surface area (Å²) in [6, 6.07) is 12.4. The summed E-state index contributed by atoms with van der Waals surface area (Å²) in [5.74, 6) is -0.576. The van der Waals surface area contributed by atoms with Crippen LogP contribution in [0.5, 0.6) is 0 Å². The van der Waals surface area contributed by atoms with Crippen LogP contribution in [0.3, 0.4) is 0 Å². The molecule has 5 heteroatoms. The van der Waals surface area contributed by atoms with Crippen LogP contribution in [0.25, 0.3) is 6.08 Å². The number of pyridine rings is 1. The SMILES string of the molecule is COC(=O)c1ccc(C=CC(=O)n2ccccc2=NC(C)C)cc1. The van der Waals surface area contributed by atoms with Gasteiger partial charge in [-0.15, -0.1) is 0 Å². The summed E-state index contributed by atoms with van der Waals surface area (Å²) < 4.78 is 6.15. The number of methoxy groups -OCH3 is 1. The van der Waals surface area contributed by atoms with Crippen molar-refractivity contribution >= 4 is 18.0 Å². The number of allylic oxidation sites excluding steroid dienone is 1. The summed E-state index contributed by atoms with van der Waals surface area (Å²) in [7, 11) is 1.34. The first kappa shape index (κ1) is 17.4. The Labute approximate surface area is 140 Å². The molecule has 0 N–H and O–H groups in total. The molecule has 0 aliphatic rings. The van der Waals surface area contributed by atoms with E-state index in [4.69, 9.17) is 0 Å². The van der Waals surface area contributed by atoms with Gasteiger partial charge in [-0.3, -0.25) is 14.4 Å². The van der Waals surface area contributed by atoms with E-state index in [1.807, 2.05) is 19.9 Å². The van der Waals surface area contributed by atoms with Crippen LogP contribution in [0.15, 0.2) is 59.7 Å². The van der Waals surface area contributed by atoms with E-state index < -0.39 is 0 Å². The topological polar surface area (TPSA) is 60.7 Å². The average molecular weight is 324 g/mol. The fraction of sp³-hybridized carbons (Fsp3) is 0.211. The second-order valence-corrected chi connectivity index (χ2v) is 5.44. The zero-order valence-electron chi connectivity index (χ0n) is 14.0. The Hall–Kier alpha value is -2.95. The van der Waals surface area contributed by atoms with Gasteiger partial charge in [-0.25, -0.2) is 4.79 Å². The summed E-state index contributed by atoms with van der Waals surface area (Å²) in [6.07, 6.45) is 4.86. The van der Waals surface area contributed by atoms with E-state index in [0.29, 0.717) is 11.1 Å². The van der Waals surface area contributed by atoms with Gasteiger partial charge >= 0.3 is 5.97 Å². The van der Waals surface area contributed by atoms with Crippen LogP contribution in [0.1, 0.15) is 34.6 Å². The lowest BCUT2D eigenvalue weighted by atomic mass is 10.1. The number of aromatic nitrogens is 1. The fourth-order valence-corrected chi connectivity index (χ4v) is 2.09. The Morgan fingerprint density at radius 2 is 1.83 bits per heavy atom. The van der Waals surface area contributed by atoms with Crippen LogP contribution in [0.4, 0.5) is 0 Å². The molecule has 24 heavy (non-hydrogen) atoms. The maximum absolute atomic E-state index is 12.4. The third kappa shape index (κ3) is 4.52. The van der Waals surface area contributed by atoms with Crippen molar-refractivity contribution in [3.63, 3.8) is 0 Å². The van der Waals surface area contributed by atoms with E-state index in [9.17, 15) is 9.59 Å². The summed E-state index contributed by atoms with van der Waals surface area (Å²) in [6.45, 7) is 3.92. The Morgan fingerprint density at radius 3 is 2.46 bits per heavy atom. The minimum atomic E-state index is -0.388. The quantitative estimate of drug-likeness (QED) is 0.642. The largest absolute Gasteiger partial charge is 0.465 e. The van der Waals surface area contributed by atoms with Crippen LogP contribution in [0.2, 0.25) is 0 Å². The molecular weight excluding hydrogens is 304 g/mol. The molecule has 0 spiro atoms. The molecule has 2 aromatic rings. The Morgan fingerprint density at radius 1 is 1.12 bits per heavy atom. The summed E-state index contributed by atoms with van der Waals surface area (Å²) >= 11 is 0. The van der Waals surface area contributed by atoms with Gasteiger partial charge in [0.1, 0.15) is 5.49 Å². The summed E-state index contributed by atoms with van der Waals surface area (Å²) in [5.41, 5.74) is 1.90. The van der Waals surface area contributed by atoms with E-state index in [1.54, 1.807) is 48.7 Å². The van der Waals surface area contributed by atoms with Gasteiger partial charge < -0.3 is 4.74 Å². The molecule has 0 radical (unpaired) electrons. The average Bonchev–Trinajstić information content (AvgIpc) is 2.59. The number of carbonyl (C=O) groups is 2. The van der Waals surface area contributed by atoms with E-state index >= 15 is 0 Å². The van der Waals surface area contributed by atoms with Crippen molar-refractivity contribution in [3.8, 4) is 0 Å². The molecule has 1 aromatic heterocycles. The number of esters is 1. The summed E-state index contributed by atoms with van der Waals surface area (Å²) in [4.78, 5) is 28.2. The van der Waals surface area contributed by atoms with Crippen molar-refractivity contribution in [2.75, 3.05) is 7.11 Å². The zero-order chi connectivity index (χ0) is 17.5. The third-order valence-corrected chi connectivity index (χ3v) is 3.22. The molecule has 0 saturated heterocycles. The molecule has 0 amide bonds. The van der Waals surface area contributed by atoms with Crippen molar-refractivity contribution in [3.05, 3.63) is 71.4 Å². The fourth-order valence-electron chi connectivity index (χ4n) is 2.09. The first-order valence-corrected chi connectivity index (χ1v) is 7.63. The van der Waals surface area contributed by atoms with Gasteiger partial charge in [-0.2, -0.15) is 0 Å². The molecule has 1 aromatic carbocycles. The molecule has 124 valence electrons. The number of carbonyl (C=O) groups excluding carboxylic acids is 2. The van der Waals surface area contributed by atoms with E-state index in [0.717, 1.165) is 5.56 Å². The van der Waals surface area contributed by atoms with Crippen molar-refractivity contribution in [1.82, 2.24) is 4.57 Å². The smallest absolute Gasteiger partial charge is 0.337 e. The second kappa shape index (κ2) is 8.06. The number of hydrogen-bond donors (Lipinski definition) is 0. The first-order valence-electron chi connectivity index (χ1n) is 7.63. The molecule has 0 atom stereocenters. The normalized spacial score (nSPS) is 11.9. The number of benzene rings is 1. The highest BCUT2D eigenvalue weighted by Crippen LogP contribution is 2.07. The first-order chi connectivity index (χ1) is 11.5. The summed E-state index contributed by atoms with van der Waals surface area (Å²) in [5, 5.41) is 0. The Kier molecular flexibility index (Phi) is 5.84. The monoisotopic (exact) mass is 324 g/mol. The Balaban J connectivity index is 2.21. The zero-order valence-corrected chi connectivity index (χ0v) is 14.0. The van der Waals surface area contributed by atoms with Gasteiger partial charge in [0.05, 0.1) is 12.7 Å². The van der Waals surface area contributed by atoms with Crippen molar-refractivity contribution in [1.29, 1.82) is 0 Å². The molecule has 0 fully saturated rings. The molecule has 0 bridgehead atoms. The van der Waals surface area contributed by atoms with Crippen LogP contribution in [-0.4, -0.2) is 29.6 Å². The van der Waals surface area contributed by atoms with Gasteiger partial charge in [0.2, 0.25) is 0 Å². The molecular formula is C19H20N2O3. The highest BCUT2D eigenvalue weighted by atomic mass is 16.5. The van der Waals surface area contributed by atoms with Crippen molar-refractivity contribution < 1.29 is 14.3 Å². The molecule has 0 aliphatic carbocycles. The molecule has 0 aliphatic heterocycles. The van der Waals surface area contributed by atoms with Gasteiger partial charge in [0.25, 0.3) is 5.91 Å². The lowest BCUT2D eigenvalue weighted by molar-refractivity contribution is 0.0600. The molecule has 0 unspecified atom stereocenters. The predicted octanol–water partition coefficient (Wildman–Crippen LogP) is 2.94. The predicted molar refractivity (Wildman–Crippen MR) is 92.6 cm³/mol. The standard InChI is InChI=1S/C19H20N2O3/c1-14(2)20-17-6-4-5-13-21(17)18(22)12-9-15-7-10-16(11-8-15)19(23)24-3/h4-14H,1-3H3. The van der Waals surface area contributed by atoms with E-state index in [-0.39, 0.29) is 17.9 Å². The number of hydrogen-bond acceptors (Lipinski definition) is 4. The highest BCUT2D eigenvalue weighted by molar-refractivity contribution is 5.94. The third-order valence-electron chi connectivity index (χ3n) is 3.22. The molecule has 0 saturated carbocycles. The lowest BCUT2D eigenvalue weighted by Gasteiger charge is -2.04. The Bertz CT molecular complexity index is 815. The van der Waals surface area contributed by atoms with Gasteiger partial charge in [-0.05, 0) is 49.8 Å².